The van der Waals surface area contributed by atoms with E-state index in [9.17, 15) is 19.2 Å². The van der Waals surface area contributed by atoms with Crippen LogP contribution >= 0.6 is 0 Å². The van der Waals surface area contributed by atoms with Gasteiger partial charge in [-0.1, -0.05) is 19.1 Å². The number of carboxylic acids is 1. The van der Waals surface area contributed by atoms with Crippen molar-refractivity contribution in [3.05, 3.63) is 35.4 Å². The average Bonchev–Trinajstić information content (AvgIpc) is 2.69. The SMILES string of the molecule is CC(CCN1C(=O)c2ccccc2C1=O)CC(=O)C(=O)O. The largest absolute Gasteiger partial charge is 0.476 e. The number of ketones is 1. The molecule has 0 spiro atoms. The van der Waals surface area contributed by atoms with E-state index >= 15 is 0 Å². The highest BCUT2D eigenvalue weighted by Crippen LogP contribution is 2.23. The highest BCUT2D eigenvalue weighted by molar-refractivity contribution is 6.32. The van der Waals surface area contributed by atoms with Crippen molar-refractivity contribution < 1.29 is 24.3 Å². The van der Waals surface area contributed by atoms with Crippen LogP contribution in [0.2, 0.25) is 0 Å². The summed E-state index contributed by atoms with van der Waals surface area (Å²) >= 11 is 0. The molecule has 0 saturated heterocycles. The second-order valence-electron chi connectivity index (χ2n) is 5.13. The maximum absolute atomic E-state index is 12.1. The molecule has 110 valence electrons. The van der Waals surface area contributed by atoms with Crippen molar-refractivity contribution in [1.29, 1.82) is 0 Å². The van der Waals surface area contributed by atoms with Crippen molar-refractivity contribution in [2.24, 2.45) is 5.92 Å². The molecule has 1 heterocycles. The number of hydrogen-bond acceptors (Lipinski definition) is 4. The Balaban J connectivity index is 1.96. The van der Waals surface area contributed by atoms with Crippen LogP contribution in [-0.4, -0.2) is 40.1 Å². The zero-order chi connectivity index (χ0) is 15.6. The van der Waals surface area contributed by atoms with Gasteiger partial charge in [0.1, 0.15) is 0 Å². The molecule has 1 atom stereocenters. The van der Waals surface area contributed by atoms with Crippen LogP contribution in [0.1, 0.15) is 40.5 Å². The first-order valence-electron chi connectivity index (χ1n) is 6.63. The summed E-state index contributed by atoms with van der Waals surface area (Å²) in [6, 6.07) is 6.60. The Morgan fingerprint density at radius 2 is 1.67 bits per heavy atom. The van der Waals surface area contributed by atoms with E-state index in [1.165, 1.54) is 0 Å². The van der Waals surface area contributed by atoms with Crippen LogP contribution < -0.4 is 0 Å². The molecule has 1 aliphatic rings. The number of rotatable bonds is 6. The highest BCUT2D eigenvalue weighted by atomic mass is 16.4. The Kier molecular flexibility index (Phi) is 4.16. The zero-order valence-corrected chi connectivity index (χ0v) is 11.5. The summed E-state index contributed by atoms with van der Waals surface area (Å²) in [4.78, 5) is 46.9. The minimum absolute atomic E-state index is 0.0987. The van der Waals surface area contributed by atoms with E-state index in [1.807, 2.05) is 0 Å². The lowest BCUT2D eigenvalue weighted by molar-refractivity contribution is -0.149. The van der Waals surface area contributed by atoms with Crippen molar-refractivity contribution in [2.45, 2.75) is 19.8 Å². The predicted molar refractivity (Wildman–Crippen MR) is 72.8 cm³/mol. The molecule has 0 aliphatic carbocycles. The lowest BCUT2D eigenvalue weighted by atomic mass is 10.0. The molecule has 1 aromatic carbocycles. The second-order valence-corrected chi connectivity index (χ2v) is 5.13. The summed E-state index contributed by atoms with van der Waals surface area (Å²) in [5.74, 6) is -3.20. The molecule has 0 fully saturated rings. The van der Waals surface area contributed by atoms with E-state index in [0.717, 1.165) is 4.90 Å². The monoisotopic (exact) mass is 289 g/mol. The van der Waals surface area contributed by atoms with Crippen LogP contribution in [0.4, 0.5) is 0 Å². The number of carboxylic acid groups (broad SMARTS) is 1. The van der Waals surface area contributed by atoms with Crippen molar-refractivity contribution in [1.82, 2.24) is 4.90 Å². The molecule has 1 unspecified atom stereocenters. The molecule has 21 heavy (non-hydrogen) atoms. The predicted octanol–water partition coefficient (Wildman–Crippen LogP) is 1.35. The second kappa shape index (κ2) is 5.87. The summed E-state index contributed by atoms with van der Waals surface area (Å²) in [6.45, 7) is 1.90. The van der Waals surface area contributed by atoms with Crippen LogP contribution in [0.15, 0.2) is 24.3 Å². The van der Waals surface area contributed by atoms with E-state index in [-0.39, 0.29) is 30.7 Å². The van der Waals surface area contributed by atoms with Gasteiger partial charge in [-0.15, -0.1) is 0 Å². The number of benzene rings is 1. The van der Waals surface area contributed by atoms with Gasteiger partial charge in [0.15, 0.2) is 0 Å². The van der Waals surface area contributed by atoms with Gasteiger partial charge < -0.3 is 5.11 Å². The summed E-state index contributed by atoms with van der Waals surface area (Å²) in [5.41, 5.74) is 0.772. The number of carbonyl (C=O) groups is 4. The van der Waals surface area contributed by atoms with Crippen molar-refractivity contribution in [3.63, 3.8) is 0 Å². The third-order valence-electron chi connectivity index (χ3n) is 3.50. The van der Waals surface area contributed by atoms with Gasteiger partial charge in [0.2, 0.25) is 5.78 Å². The Morgan fingerprint density at radius 3 is 2.14 bits per heavy atom. The fourth-order valence-electron chi connectivity index (χ4n) is 2.30. The smallest absolute Gasteiger partial charge is 0.372 e. The fourth-order valence-corrected chi connectivity index (χ4v) is 2.30. The molecule has 0 radical (unpaired) electrons. The van der Waals surface area contributed by atoms with E-state index in [1.54, 1.807) is 31.2 Å². The Labute approximate surface area is 121 Å². The first-order chi connectivity index (χ1) is 9.91. The molecule has 2 rings (SSSR count). The maximum Gasteiger partial charge on any atom is 0.372 e. The molecule has 1 N–H and O–H groups in total. The van der Waals surface area contributed by atoms with E-state index < -0.39 is 11.8 Å². The fraction of sp³-hybridized carbons (Fsp3) is 0.333. The quantitative estimate of drug-likeness (QED) is 0.630. The van der Waals surface area contributed by atoms with E-state index in [4.69, 9.17) is 5.11 Å². The van der Waals surface area contributed by atoms with Gasteiger partial charge in [-0.05, 0) is 24.5 Å². The molecular weight excluding hydrogens is 274 g/mol. The van der Waals surface area contributed by atoms with Crippen LogP contribution in [0.25, 0.3) is 0 Å². The van der Waals surface area contributed by atoms with E-state index in [0.29, 0.717) is 17.5 Å². The number of amides is 2. The van der Waals surface area contributed by atoms with Gasteiger partial charge in [-0.3, -0.25) is 19.3 Å². The Morgan fingerprint density at radius 1 is 1.14 bits per heavy atom. The summed E-state index contributed by atoms with van der Waals surface area (Å²) in [6.07, 6.45) is 0.295. The van der Waals surface area contributed by atoms with E-state index in [2.05, 4.69) is 0 Å². The van der Waals surface area contributed by atoms with Crippen LogP contribution in [-0.2, 0) is 9.59 Å². The molecule has 0 bridgehead atoms. The topological polar surface area (TPSA) is 91.8 Å². The van der Waals surface area contributed by atoms with Crippen molar-refractivity contribution in [2.75, 3.05) is 6.54 Å². The first-order valence-corrected chi connectivity index (χ1v) is 6.63. The van der Waals surface area contributed by atoms with Gasteiger partial charge in [0, 0.05) is 13.0 Å². The Hall–Kier alpha value is -2.50. The number of carbonyl (C=O) groups excluding carboxylic acids is 3. The first kappa shape index (κ1) is 14.9. The van der Waals surface area contributed by atoms with Crippen LogP contribution in [0.5, 0.6) is 0 Å². The van der Waals surface area contributed by atoms with Crippen LogP contribution in [0, 0.1) is 5.92 Å². The minimum Gasteiger partial charge on any atom is -0.476 e. The number of hydrogen-bond donors (Lipinski definition) is 1. The van der Waals surface area contributed by atoms with Gasteiger partial charge in [-0.25, -0.2) is 4.79 Å². The van der Waals surface area contributed by atoms with Gasteiger partial charge >= 0.3 is 5.97 Å². The average molecular weight is 289 g/mol. The molecule has 1 aromatic rings. The molecule has 0 saturated carbocycles. The summed E-state index contributed by atoms with van der Waals surface area (Å²) in [7, 11) is 0. The normalized spacial score (nSPS) is 15.0. The molecule has 6 heteroatoms. The lowest BCUT2D eigenvalue weighted by Gasteiger charge is -2.16. The lowest BCUT2D eigenvalue weighted by Crippen LogP contribution is -2.32. The minimum atomic E-state index is -1.46. The third kappa shape index (κ3) is 2.99. The zero-order valence-electron chi connectivity index (χ0n) is 11.5. The summed E-state index contributed by atoms with van der Waals surface area (Å²) < 4.78 is 0. The maximum atomic E-state index is 12.1. The molecular formula is C15H15NO5. The van der Waals surface area contributed by atoms with Crippen LogP contribution in [0.3, 0.4) is 0 Å². The molecule has 1 aliphatic heterocycles. The standard InChI is InChI=1S/C15H15NO5/c1-9(8-12(17)15(20)21)6-7-16-13(18)10-4-2-3-5-11(10)14(16)19/h2-5,9H,6-8H2,1H3,(H,20,21). The number of fused-ring (bicyclic) bond motifs is 1. The summed E-state index contributed by atoms with van der Waals surface area (Å²) in [5, 5.41) is 8.54. The highest BCUT2D eigenvalue weighted by Gasteiger charge is 2.34. The van der Waals surface area contributed by atoms with Crippen molar-refractivity contribution in [3.8, 4) is 0 Å². The van der Waals surface area contributed by atoms with Gasteiger partial charge in [0.05, 0.1) is 11.1 Å². The van der Waals surface area contributed by atoms with Gasteiger partial charge in [0.25, 0.3) is 11.8 Å². The number of nitrogens with zero attached hydrogens (tertiary/aromatic N) is 1. The molecule has 6 nitrogen and oxygen atoms in total. The van der Waals surface area contributed by atoms with Gasteiger partial charge in [-0.2, -0.15) is 0 Å². The third-order valence-corrected chi connectivity index (χ3v) is 3.50. The number of Topliss-reactive ketones (excluding diaryl/α,β-unsaturated/α-hetero) is 1. The van der Waals surface area contributed by atoms with Crippen molar-refractivity contribution >= 4 is 23.6 Å². The molecule has 0 aromatic heterocycles. The Bertz CT molecular complexity index is 587. The number of imide groups is 1. The molecule has 2 amide bonds. The number of aliphatic carboxylic acids is 1.